The van der Waals surface area contributed by atoms with Crippen LogP contribution in [0.2, 0.25) is 0 Å². The van der Waals surface area contributed by atoms with E-state index in [-0.39, 0.29) is 70.2 Å². The Labute approximate surface area is 166 Å². The molecular formula is C10H7NNa2O6S2. The maximum Gasteiger partial charge on any atom is 1.00 e. The molecule has 2 aromatic carbocycles. The molecule has 2 N–H and O–H groups in total. The van der Waals surface area contributed by atoms with Gasteiger partial charge in [0.1, 0.15) is 20.2 Å². The first-order valence-electron chi connectivity index (χ1n) is 4.84. The minimum absolute atomic E-state index is 0. The first kappa shape index (κ1) is 21.3. The number of fused-ring (bicyclic) bond motifs is 1. The predicted octanol–water partition coefficient (Wildman–Crippen LogP) is -5.76. The molecule has 0 bridgehead atoms. The van der Waals surface area contributed by atoms with E-state index in [0.29, 0.717) is 5.39 Å². The monoisotopic (exact) mass is 347 g/mol. The molecule has 0 saturated heterocycles. The van der Waals surface area contributed by atoms with Gasteiger partial charge in [-0.2, -0.15) is 0 Å². The van der Waals surface area contributed by atoms with Crippen molar-refractivity contribution >= 4 is 36.7 Å². The van der Waals surface area contributed by atoms with E-state index in [2.05, 4.69) is 0 Å². The Balaban J connectivity index is 0.00000200. The third-order valence-corrected chi connectivity index (χ3v) is 4.22. The van der Waals surface area contributed by atoms with Crippen LogP contribution in [0.5, 0.6) is 0 Å². The van der Waals surface area contributed by atoms with Gasteiger partial charge in [0.2, 0.25) is 0 Å². The van der Waals surface area contributed by atoms with Crippen LogP contribution in [-0.4, -0.2) is 25.9 Å². The number of rotatable bonds is 2. The molecule has 11 heteroatoms. The Morgan fingerprint density at radius 2 is 1.38 bits per heavy atom. The average molecular weight is 347 g/mol. The zero-order valence-corrected chi connectivity index (χ0v) is 16.9. The zero-order chi connectivity index (χ0) is 14.4. The van der Waals surface area contributed by atoms with Gasteiger partial charge < -0.3 is 14.8 Å². The summed E-state index contributed by atoms with van der Waals surface area (Å²) in [5.41, 5.74) is 5.20. The summed E-state index contributed by atoms with van der Waals surface area (Å²) < 4.78 is 65.5. The van der Waals surface area contributed by atoms with Crippen LogP contribution in [0.25, 0.3) is 10.8 Å². The summed E-state index contributed by atoms with van der Waals surface area (Å²) in [7, 11) is -9.44. The van der Waals surface area contributed by atoms with E-state index in [4.69, 9.17) is 5.73 Å². The molecular weight excluding hydrogens is 340 g/mol. The average Bonchev–Trinajstić information content (AvgIpc) is 2.24. The summed E-state index contributed by atoms with van der Waals surface area (Å²) in [5.74, 6) is 0. The Kier molecular flexibility index (Phi) is 7.37. The number of benzene rings is 2. The van der Waals surface area contributed by atoms with E-state index >= 15 is 0 Å². The van der Waals surface area contributed by atoms with Crippen molar-refractivity contribution in [3.63, 3.8) is 0 Å². The number of nitrogens with two attached hydrogens (primary N) is 1. The van der Waals surface area contributed by atoms with Crippen molar-refractivity contribution in [2.75, 3.05) is 5.73 Å². The molecule has 21 heavy (non-hydrogen) atoms. The van der Waals surface area contributed by atoms with Gasteiger partial charge in [0, 0.05) is 5.69 Å². The molecule has 0 amide bonds. The van der Waals surface area contributed by atoms with Gasteiger partial charge >= 0.3 is 59.1 Å². The van der Waals surface area contributed by atoms with E-state index in [0.717, 1.165) is 18.2 Å². The Hall–Kier alpha value is 0.320. The summed E-state index contributed by atoms with van der Waals surface area (Å²) in [6.07, 6.45) is 0. The van der Waals surface area contributed by atoms with E-state index in [9.17, 15) is 25.9 Å². The van der Waals surface area contributed by atoms with Crippen LogP contribution in [0.15, 0.2) is 40.1 Å². The fourth-order valence-electron chi connectivity index (χ4n) is 1.64. The number of hydrogen-bond donors (Lipinski definition) is 1. The molecule has 0 heterocycles. The minimum Gasteiger partial charge on any atom is -0.744 e. The van der Waals surface area contributed by atoms with Gasteiger partial charge in [-0.15, -0.1) is 0 Å². The normalized spacial score (nSPS) is 11.5. The fraction of sp³-hybridized carbons (Fsp3) is 0. The molecule has 0 spiro atoms. The zero-order valence-electron chi connectivity index (χ0n) is 11.2. The van der Waals surface area contributed by atoms with Crippen LogP contribution in [0.3, 0.4) is 0 Å². The summed E-state index contributed by atoms with van der Waals surface area (Å²) in [4.78, 5) is -1.17. The number of hydrogen-bond acceptors (Lipinski definition) is 7. The predicted molar refractivity (Wildman–Crippen MR) is 64.3 cm³/mol. The number of nitrogen functional groups attached to an aromatic ring is 1. The molecule has 0 aliphatic heterocycles. The summed E-state index contributed by atoms with van der Waals surface area (Å²) >= 11 is 0. The van der Waals surface area contributed by atoms with Crippen LogP contribution >= 0.6 is 0 Å². The molecule has 2 aromatic rings. The third kappa shape index (κ3) is 4.90. The van der Waals surface area contributed by atoms with Gasteiger partial charge in [-0.3, -0.25) is 0 Å². The fourth-order valence-corrected chi connectivity index (χ4v) is 2.77. The molecule has 102 valence electrons. The number of anilines is 1. The van der Waals surface area contributed by atoms with Crippen molar-refractivity contribution in [2.24, 2.45) is 0 Å². The van der Waals surface area contributed by atoms with Gasteiger partial charge in [-0.05, 0) is 35.0 Å². The van der Waals surface area contributed by atoms with E-state index in [1.54, 1.807) is 0 Å². The van der Waals surface area contributed by atoms with Crippen LogP contribution < -0.4 is 64.8 Å². The van der Waals surface area contributed by atoms with Crippen LogP contribution in [-0.2, 0) is 20.2 Å². The van der Waals surface area contributed by atoms with Crippen molar-refractivity contribution in [1.29, 1.82) is 0 Å². The molecule has 7 nitrogen and oxygen atoms in total. The van der Waals surface area contributed by atoms with Crippen LogP contribution in [0.1, 0.15) is 0 Å². The van der Waals surface area contributed by atoms with E-state index in [1.165, 1.54) is 12.1 Å². The smallest absolute Gasteiger partial charge is 0.744 e. The second kappa shape index (κ2) is 7.26. The van der Waals surface area contributed by atoms with Crippen molar-refractivity contribution < 1.29 is 85.1 Å². The van der Waals surface area contributed by atoms with Gasteiger partial charge in [0.15, 0.2) is 0 Å². The third-order valence-electron chi connectivity index (χ3n) is 2.50. The van der Waals surface area contributed by atoms with Crippen molar-refractivity contribution in [3.05, 3.63) is 30.3 Å². The van der Waals surface area contributed by atoms with Crippen LogP contribution in [0.4, 0.5) is 5.69 Å². The van der Waals surface area contributed by atoms with Gasteiger partial charge in [-0.25, -0.2) is 16.8 Å². The van der Waals surface area contributed by atoms with Gasteiger partial charge in [0.05, 0.1) is 9.79 Å². The summed E-state index contributed by atoms with van der Waals surface area (Å²) in [6, 6.07) is 5.54. The van der Waals surface area contributed by atoms with E-state index in [1.807, 2.05) is 0 Å². The van der Waals surface area contributed by atoms with Gasteiger partial charge in [-0.1, -0.05) is 6.07 Å². The van der Waals surface area contributed by atoms with Crippen LogP contribution in [0, 0.1) is 0 Å². The second-order valence-electron chi connectivity index (χ2n) is 3.81. The molecule has 0 aromatic heterocycles. The minimum atomic E-state index is -4.78. The largest absolute Gasteiger partial charge is 1.00 e. The first-order valence-corrected chi connectivity index (χ1v) is 7.66. The Bertz CT molecular complexity index is 880. The van der Waals surface area contributed by atoms with Crippen molar-refractivity contribution in [2.45, 2.75) is 9.79 Å². The molecule has 0 fully saturated rings. The Morgan fingerprint density at radius 3 is 1.86 bits per heavy atom. The topological polar surface area (TPSA) is 140 Å². The van der Waals surface area contributed by atoms with Gasteiger partial charge in [0.25, 0.3) is 0 Å². The maximum absolute atomic E-state index is 11.0. The second-order valence-corrected chi connectivity index (χ2v) is 6.53. The molecule has 0 atom stereocenters. The molecule has 0 aliphatic carbocycles. The summed E-state index contributed by atoms with van der Waals surface area (Å²) in [6.45, 7) is 0. The molecule has 0 unspecified atom stereocenters. The molecule has 0 radical (unpaired) electrons. The van der Waals surface area contributed by atoms with E-state index < -0.39 is 30.0 Å². The molecule has 0 aliphatic rings. The quantitative estimate of drug-likeness (QED) is 0.324. The first-order chi connectivity index (χ1) is 8.59. The standard InChI is InChI=1S/C10H9NO6S2.2Na/c11-9-4-6-1-2-8(18(12,13)14)3-7(6)5-10(9)19(15,16)17;;/h1-5H,11H2,(H,12,13,14)(H,15,16,17);;/q;2*+1/p-2. The maximum atomic E-state index is 11.0. The summed E-state index contributed by atoms with van der Waals surface area (Å²) in [5, 5.41) is 0.540. The van der Waals surface area contributed by atoms with Crippen molar-refractivity contribution in [1.82, 2.24) is 0 Å². The van der Waals surface area contributed by atoms with Crippen molar-refractivity contribution in [3.8, 4) is 0 Å². The SMILES string of the molecule is Nc1cc2ccc(S(=O)(=O)[O-])cc2cc1S(=O)(=O)[O-].[Na+].[Na+]. The molecule has 0 saturated carbocycles. The Morgan fingerprint density at radius 1 is 0.810 bits per heavy atom. The molecule has 2 rings (SSSR count).